The Morgan fingerprint density at radius 2 is 2.00 bits per heavy atom. The smallest absolute Gasteiger partial charge is 0.331 e. The summed E-state index contributed by atoms with van der Waals surface area (Å²) in [5, 5.41) is 2.22. The van der Waals surface area contributed by atoms with E-state index in [1.165, 1.54) is 16.7 Å². The predicted molar refractivity (Wildman–Crippen MR) is 83.6 cm³/mol. The Balaban J connectivity index is 1.80. The van der Waals surface area contributed by atoms with Crippen LogP contribution in [-0.2, 0) is 9.59 Å². The summed E-state index contributed by atoms with van der Waals surface area (Å²) >= 11 is 7.62. The predicted octanol–water partition coefficient (Wildman–Crippen LogP) is 2.93. The summed E-state index contributed by atoms with van der Waals surface area (Å²) in [7, 11) is 0. The van der Waals surface area contributed by atoms with Crippen LogP contribution in [0.15, 0.2) is 36.4 Å². The monoisotopic (exact) mass is 321 g/mol. The van der Waals surface area contributed by atoms with Gasteiger partial charge in [0.2, 0.25) is 5.91 Å². The first-order chi connectivity index (χ1) is 10.1. The molecule has 0 spiro atoms. The third-order valence-corrected chi connectivity index (χ3v) is 4.47. The van der Waals surface area contributed by atoms with Crippen molar-refractivity contribution in [1.82, 2.24) is 4.90 Å². The molecule has 0 bridgehead atoms. The molecule has 1 aliphatic rings. The molecule has 0 saturated carbocycles. The van der Waals surface area contributed by atoms with E-state index in [0.29, 0.717) is 22.4 Å². The van der Waals surface area contributed by atoms with Crippen LogP contribution in [-0.4, -0.2) is 35.0 Å². The minimum atomic E-state index is -0.446. The van der Waals surface area contributed by atoms with Gasteiger partial charge in [0.15, 0.2) is 0 Å². The second-order valence-corrected chi connectivity index (χ2v) is 6.00. The lowest BCUT2D eigenvalue weighted by molar-refractivity contribution is -0.140. The van der Waals surface area contributed by atoms with E-state index in [0.717, 1.165) is 10.8 Å². The van der Waals surface area contributed by atoms with Crippen LogP contribution in [0.25, 0.3) is 10.8 Å². The molecule has 4 nitrogen and oxygen atoms in total. The SMILES string of the molecule is O=C(CN1CSCC1=O)Oc1ccc(Cl)c2ccccc12. The molecule has 2 aromatic carbocycles. The Hall–Kier alpha value is -1.72. The van der Waals surface area contributed by atoms with Crippen LogP contribution in [0.3, 0.4) is 0 Å². The molecule has 108 valence electrons. The first-order valence-corrected chi connectivity index (χ1v) is 7.92. The number of fused-ring (bicyclic) bond motifs is 1. The molecule has 0 aromatic heterocycles. The first kappa shape index (κ1) is 14.2. The zero-order valence-corrected chi connectivity index (χ0v) is 12.6. The van der Waals surface area contributed by atoms with Crippen molar-refractivity contribution in [3.8, 4) is 5.75 Å². The van der Waals surface area contributed by atoms with Crippen molar-refractivity contribution in [2.75, 3.05) is 18.2 Å². The molecular weight excluding hydrogens is 310 g/mol. The largest absolute Gasteiger partial charge is 0.425 e. The molecule has 2 aromatic rings. The van der Waals surface area contributed by atoms with E-state index < -0.39 is 5.97 Å². The normalized spacial score (nSPS) is 14.7. The summed E-state index contributed by atoms with van der Waals surface area (Å²) in [6.07, 6.45) is 0. The number of benzene rings is 2. The highest BCUT2D eigenvalue weighted by Crippen LogP contribution is 2.31. The number of amides is 1. The summed E-state index contributed by atoms with van der Waals surface area (Å²) in [4.78, 5) is 25.0. The van der Waals surface area contributed by atoms with E-state index in [-0.39, 0.29) is 12.5 Å². The highest BCUT2D eigenvalue weighted by molar-refractivity contribution is 8.00. The quantitative estimate of drug-likeness (QED) is 0.644. The number of hydrogen-bond donors (Lipinski definition) is 0. The minimum Gasteiger partial charge on any atom is -0.425 e. The highest BCUT2D eigenvalue weighted by Gasteiger charge is 2.24. The summed E-state index contributed by atoms with van der Waals surface area (Å²) < 4.78 is 5.39. The molecule has 0 atom stereocenters. The molecule has 1 saturated heterocycles. The van der Waals surface area contributed by atoms with Gasteiger partial charge in [-0.1, -0.05) is 35.9 Å². The summed E-state index contributed by atoms with van der Waals surface area (Å²) in [5.74, 6) is 0.947. The van der Waals surface area contributed by atoms with Crippen LogP contribution >= 0.6 is 23.4 Å². The van der Waals surface area contributed by atoms with Gasteiger partial charge in [-0.25, -0.2) is 4.79 Å². The standard InChI is InChI=1S/C15H12ClNO3S/c16-12-5-6-13(11-4-2-1-3-10(11)12)20-15(19)7-17-9-21-8-14(17)18/h1-6H,7-9H2. The van der Waals surface area contributed by atoms with Crippen molar-refractivity contribution in [2.24, 2.45) is 0 Å². The van der Waals surface area contributed by atoms with Gasteiger partial charge < -0.3 is 9.64 Å². The van der Waals surface area contributed by atoms with E-state index >= 15 is 0 Å². The second kappa shape index (κ2) is 5.95. The lowest BCUT2D eigenvalue weighted by Gasteiger charge is -2.14. The molecule has 0 radical (unpaired) electrons. The van der Waals surface area contributed by atoms with Crippen LogP contribution in [0.2, 0.25) is 5.02 Å². The molecule has 6 heteroatoms. The van der Waals surface area contributed by atoms with Crippen molar-refractivity contribution in [1.29, 1.82) is 0 Å². The second-order valence-electron chi connectivity index (χ2n) is 4.63. The van der Waals surface area contributed by atoms with Crippen molar-refractivity contribution in [2.45, 2.75) is 0 Å². The molecular formula is C15H12ClNO3S. The number of esters is 1. The number of carbonyl (C=O) groups excluding carboxylic acids is 2. The average Bonchev–Trinajstić information content (AvgIpc) is 2.88. The molecule has 1 aliphatic heterocycles. The molecule has 1 fully saturated rings. The number of ether oxygens (including phenoxy) is 1. The van der Waals surface area contributed by atoms with Crippen molar-refractivity contribution in [3.63, 3.8) is 0 Å². The Morgan fingerprint density at radius 3 is 2.71 bits per heavy atom. The van der Waals surface area contributed by atoms with E-state index in [1.807, 2.05) is 24.3 Å². The first-order valence-electron chi connectivity index (χ1n) is 6.38. The van der Waals surface area contributed by atoms with Crippen LogP contribution in [0, 0.1) is 0 Å². The van der Waals surface area contributed by atoms with Crippen molar-refractivity contribution < 1.29 is 14.3 Å². The number of carbonyl (C=O) groups is 2. The molecule has 0 unspecified atom stereocenters. The Bertz CT molecular complexity index is 719. The van der Waals surface area contributed by atoms with Gasteiger partial charge in [0.25, 0.3) is 0 Å². The highest BCUT2D eigenvalue weighted by atomic mass is 35.5. The third-order valence-electron chi connectivity index (χ3n) is 3.20. The summed E-state index contributed by atoms with van der Waals surface area (Å²) in [5.41, 5.74) is 0. The molecule has 21 heavy (non-hydrogen) atoms. The number of nitrogens with zero attached hydrogens (tertiary/aromatic N) is 1. The molecule has 3 rings (SSSR count). The summed E-state index contributed by atoms with van der Waals surface area (Å²) in [6.45, 7) is -0.0250. The fourth-order valence-electron chi connectivity index (χ4n) is 2.17. The zero-order valence-electron chi connectivity index (χ0n) is 11.0. The van der Waals surface area contributed by atoms with Crippen LogP contribution < -0.4 is 4.74 Å². The van der Waals surface area contributed by atoms with Gasteiger partial charge in [0, 0.05) is 15.8 Å². The number of halogens is 1. The van der Waals surface area contributed by atoms with Gasteiger partial charge in [-0.2, -0.15) is 0 Å². The maximum absolute atomic E-state index is 12.0. The van der Waals surface area contributed by atoms with Crippen molar-refractivity contribution in [3.05, 3.63) is 41.4 Å². The average molecular weight is 322 g/mol. The van der Waals surface area contributed by atoms with E-state index in [9.17, 15) is 9.59 Å². The Morgan fingerprint density at radius 1 is 1.24 bits per heavy atom. The fraction of sp³-hybridized carbons (Fsp3) is 0.200. The number of thioether (sulfide) groups is 1. The maximum Gasteiger partial charge on any atom is 0.331 e. The van der Waals surface area contributed by atoms with Gasteiger partial charge in [-0.3, -0.25) is 4.79 Å². The topological polar surface area (TPSA) is 46.6 Å². The number of rotatable bonds is 3. The van der Waals surface area contributed by atoms with Gasteiger partial charge in [-0.15, -0.1) is 11.8 Å². The zero-order chi connectivity index (χ0) is 14.8. The van der Waals surface area contributed by atoms with E-state index in [4.69, 9.17) is 16.3 Å². The number of hydrogen-bond acceptors (Lipinski definition) is 4. The van der Waals surface area contributed by atoms with Crippen LogP contribution in [0.5, 0.6) is 5.75 Å². The van der Waals surface area contributed by atoms with Gasteiger partial charge in [0.05, 0.1) is 11.6 Å². The van der Waals surface area contributed by atoms with Gasteiger partial charge in [0.1, 0.15) is 12.3 Å². The van der Waals surface area contributed by atoms with E-state index in [1.54, 1.807) is 12.1 Å². The van der Waals surface area contributed by atoms with Crippen LogP contribution in [0.4, 0.5) is 0 Å². The van der Waals surface area contributed by atoms with Crippen molar-refractivity contribution >= 4 is 46.0 Å². The Labute approximate surface area is 131 Å². The van der Waals surface area contributed by atoms with Gasteiger partial charge in [-0.05, 0) is 12.1 Å². The fourth-order valence-corrected chi connectivity index (χ4v) is 3.31. The molecule has 1 amide bonds. The molecule has 0 N–H and O–H groups in total. The van der Waals surface area contributed by atoms with Gasteiger partial charge >= 0.3 is 5.97 Å². The lowest BCUT2D eigenvalue weighted by Crippen LogP contribution is -2.33. The minimum absolute atomic E-state index is 0.0250. The Kier molecular flexibility index (Phi) is 4.03. The molecule has 1 heterocycles. The molecule has 0 aliphatic carbocycles. The van der Waals surface area contributed by atoms with E-state index in [2.05, 4.69) is 0 Å². The van der Waals surface area contributed by atoms with Crippen LogP contribution in [0.1, 0.15) is 0 Å². The third kappa shape index (κ3) is 2.99. The maximum atomic E-state index is 12.0. The summed E-state index contributed by atoms with van der Waals surface area (Å²) in [6, 6.07) is 10.8. The lowest BCUT2D eigenvalue weighted by atomic mass is 10.1.